The van der Waals surface area contributed by atoms with Crippen LogP contribution in [0.2, 0.25) is 0 Å². The molecule has 1 aromatic carbocycles. The molecule has 2 nitrogen and oxygen atoms in total. The van der Waals surface area contributed by atoms with Crippen molar-refractivity contribution in [3.8, 4) is 0 Å². The maximum atomic E-state index is 12.6. The van der Waals surface area contributed by atoms with Gasteiger partial charge in [-0.25, -0.2) is 0 Å². The molecule has 1 rings (SSSR count). The third kappa shape index (κ3) is 5.46. The molecule has 0 aromatic heterocycles. The third-order valence-electron chi connectivity index (χ3n) is 3.70. The molecule has 0 heterocycles. The molecular formula is C18H28BrNO. The minimum absolute atomic E-state index is 0.0850. The average molecular weight is 354 g/mol. The van der Waals surface area contributed by atoms with Crippen LogP contribution in [-0.4, -0.2) is 17.8 Å². The standard InChI is InChI=1S/C18H28BrNO/c1-13(2)15-9-8-10-16(14(3)4)17(15)18(21)20-12-7-5-6-11-19/h8-10,13-14H,5-7,11-12H2,1-4H3,(H,20,21). The molecule has 21 heavy (non-hydrogen) atoms. The summed E-state index contributed by atoms with van der Waals surface area (Å²) in [6, 6.07) is 6.23. The highest BCUT2D eigenvalue weighted by atomic mass is 79.9. The molecule has 0 aliphatic rings. The van der Waals surface area contributed by atoms with Crippen molar-refractivity contribution in [2.75, 3.05) is 11.9 Å². The first-order valence-electron chi connectivity index (χ1n) is 7.96. The molecule has 3 heteroatoms. The van der Waals surface area contributed by atoms with Crippen molar-refractivity contribution in [1.29, 1.82) is 0 Å². The van der Waals surface area contributed by atoms with Gasteiger partial charge in [-0.15, -0.1) is 0 Å². The van der Waals surface area contributed by atoms with Crippen LogP contribution in [0.25, 0.3) is 0 Å². The SMILES string of the molecule is CC(C)c1cccc(C(C)C)c1C(=O)NCCCCCBr. The topological polar surface area (TPSA) is 29.1 Å². The summed E-state index contributed by atoms with van der Waals surface area (Å²) in [6.07, 6.45) is 3.35. The van der Waals surface area contributed by atoms with Crippen molar-refractivity contribution in [1.82, 2.24) is 5.32 Å². The van der Waals surface area contributed by atoms with E-state index in [9.17, 15) is 4.79 Å². The molecule has 0 aliphatic carbocycles. The second-order valence-corrected chi connectivity index (χ2v) is 6.92. The lowest BCUT2D eigenvalue weighted by molar-refractivity contribution is 0.0950. The molecule has 118 valence electrons. The summed E-state index contributed by atoms with van der Waals surface area (Å²) in [5.41, 5.74) is 3.20. The smallest absolute Gasteiger partial charge is 0.251 e. The van der Waals surface area contributed by atoms with Crippen molar-refractivity contribution in [2.45, 2.75) is 58.8 Å². The van der Waals surface area contributed by atoms with Crippen molar-refractivity contribution < 1.29 is 4.79 Å². The zero-order valence-corrected chi connectivity index (χ0v) is 15.3. The van der Waals surface area contributed by atoms with Crippen LogP contribution in [0, 0.1) is 0 Å². The normalized spacial score (nSPS) is 11.2. The number of carbonyl (C=O) groups excluding carboxylic acids is 1. The van der Waals surface area contributed by atoms with Crippen LogP contribution in [-0.2, 0) is 0 Å². The van der Waals surface area contributed by atoms with Crippen LogP contribution in [0.1, 0.15) is 80.3 Å². The highest BCUT2D eigenvalue weighted by Gasteiger charge is 2.19. The van der Waals surface area contributed by atoms with E-state index in [0.29, 0.717) is 11.8 Å². The number of nitrogens with one attached hydrogen (secondary N) is 1. The lowest BCUT2D eigenvalue weighted by Gasteiger charge is -2.19. The van der Waals surface area contributed by atoms with Crippen LogP contribution in [0.3, 0.4) is 0 Å². The molecule has 0 spiro atoms. The molecular weight excluding hydrogens is 326 g/mol. The van der Waals surface area contributed by atoms with Gasteiger partial charge in [0.15, 0.2) is 0 Å². The van der Waals surface area contributed by atoms with E-state index < -0.39 is 0 Å². The minimum Gasteiger partial charge on any atom is -0.352 e. The number of amides is 1. The molecule has 1 amide bonds. The van der Waals surface area contributed by atoms with Gasteiger partial charge in [-0.1, -0.05) is 68.2 Å². The Morgan fingerprint density at radius 1 is 1.05 bits per heavy atom. The summed E-state index contributed by atoms with van der Waals surface area (Å²) < 4.78 is 0. The summed E-state index contributed by atoms with van der Waals surface area (Å²) in [4.78, 5) is 12.6. The van der Waals surface area contributed by atoms with Gasteiger partial charge in [0.2, 0.25) is 0 Å². The number of unbranched alkanes of at least 4 members (excludes halogenated alkanes) is 2. The Hall–Kier alpha value is -0.830. The zero-order valence-electron chi connectivity index (χ0n) is 13.7. The number of alkyl halides is 1. The zero-order chi connectivity index (χ0) is 15.8. The van der Waals surface area contributed by atoms with Gasteiger partial charge >= 0.3 is 0 Å². The number of hydrogen-bond donors (Lipinski definition) is 1. The fourth-order valence-corrected chi connectivity index (χ4v) is 2.90. The lowest BCUT2D eigenvalue weighted by Crippen LogP contribution is -2.27. The number of carbonyl (C=O) groups is 1. The maximum absolute atomic E-state index is 12.6. The predicted molar refractivity (Wildman–Crippen MR) is 94.6 cm³/mol. The molecule has 0 saturated heterocycles. The van der Waals surface area contributed by atoms with E-state index in [-0.39, 0.29) is 5.91 Å². The summed E-state index contributed by atoms with van der Waals surface area (Å²) in [6.45, 7) is 9.34. The number of hydrogen-bond acceptors (Lipinski definition) is 1. The first kappa shape index (κ1) is 18.2. The Balaban J connectivity index is 2.85. The number of rotatable bonds is 8. The Labute approximate surface area is 137 Å². The minimum atomic E-state index is 0.0850. The van der Waals surface area contributed by atoms with Gasteiger partial charge < -0.3 is 5.32 Å². The third-order valence-corrected chi connectivity index (χ3v) is 4.26. The first-order valence-corrected chi connectivity index (χ1v) is 9.08. The molecule has 1 N–H and O–H groups in total. The van der Waals surface area contributed by atoms with Crippen molar-refractivity contribution >= 4 is 21.8 Å². The molecule has 0 fully saturated rings. The largest absolute Gasteiger partial charge is 0.352 e. The number of halogens is 1. The fourth-order valence-electron chi connectivity index (χ4n) is 2.50. The van der Waals surface area contributed by atoms with Gasteiger partial charge in [0.05, 0.1) is 0 Å². The monoisotopic (exact) mass is 353 g/mol. The Morgan fingerprint density at radius 3 is 2.10 bits per heavy atom. The van der Waals surface area contributed by atoms with Crippen LogP contribution in [0.5, 0.6) is 0 Å². The van der Waals surface area contributed by atoms with E-state index in [0.717, 1.165) is 47.8 Å². The van der Waals surface area contributed by atoms with Gasteiger partial charge in [0, 0.05) is 17.4 Å². The van der Waals surface area contributed by atoms with E-state index in [1.54, 1.807) is 0 Å². The Bertz CT molecular complexity index is 428. The van der Waals surface area contributed by atoms with E-state index in [1.807, 2.05) is 0 Å². The molecule has 0 saturated carbocycles. The molecule has 1 aromatic rings. The second-order valence-electron chi connectivity index (χ2n) is 6.13. The molecule has 0 unspecified atom stereocenters. The quantitative estimate of drug-likeness (QED) is 0.503. The van der Waals surface area contributed by atoms with Gasteiger partial charge in [0.1, 0.15) is 0 Å². The average Bonchev–Trinajstić information content (AvgIpc) is 2.45. The lowest BCUT2D eigenvalue weighted by atomic mass is 9.88. The van der Waals surface area contributed by atoms with Gasteiger partial charge in [-0.05, 0) is 35.8 Å². The molecule has 0 radical (unpaired) electrons. The summed E-state index contributed by atoms with van der Waals surface area (Å²) in [5.74, 6) is 0.803. The van der Waals surface area contributed by atoms with E-state index >= 15 is 0 Å². The molecule has 0 atom stereocenters. The van der Waals surface area contributed by atoms with E-state index in [1.165, 1.54) is 0 Å². The van der Waals surface area contributed by atoms with Crippen molar-refractivity contribution in [3.63, 3.8) is 0 Å². The van der Waals surface area contributed by atoms with Gasteiger partial charge in [-0.3, -0.25) is 4.79 Å². The second kappa shape index (κ2) is 9.24. The Morgan fingerprint density at radius 2 is 1.62 bits per heavy atom. The first-order chi connectivity index (χ1) is 9.99. The predicted octanol–water partition coefficient (Wildman–Crippen LogP) is 5.23. The van der Waals surface area contributed by atoms with Gasteiger partial charge in [-0.2, -0.15) is 0 Å². The van der Waals surface area contributed by atoms with E-state index in [4.69, 9.17) is 0 Å². The molecule has 0 aliphatic heterocycles. The highest BCUT2D eigenvalue weighted by Crippen LogP contribution is 2.27. The number of benzene rings is 1. The van der Waals surface area contributed by atoms with Crippen LogP contribution in [0.15, 0.2) is 18.2 Å². The Kier molecular flexibility index (Phi) is 8.02. The summed E-state index contributed by atoms with van der Waals surface area (Å²) in [7, 11) is 0. The van der Waals surface area contributed by atoms with Crippen molar-refractivity contribution in [3.05, 3.63) is 34.9 Å². The maximum Gasteiger partial charge on any atom is 0.251 e. The van der Waals surface area contributed by atoms with Crippen LogP contribution >= 0.6 is 15.9 Å². The van der Waals surface area contributed by atoms with Crippen LogP contribution in [0.4, 0.5) is 0 Å². The van der Waals surface area contributed by atoms with Gasteiger partial charge in [0.25, 0.3) is 5.91 Å². The van der Waals surface area contributed by atoms with Crippen LogP contribution < -0.4 is 5.32 Å². The van der Waals surface area contributed by atoms with E-state index in [2.05, 4.69) is 67.1 Å². The van der Waals surface area contributed by atoms with Crippen molar-refractivity contribution in [2.24, 2.45) is 0 Å². The summed E-state index contributed by atoms with van der Waals surface area (Å²) >= 11 is 3.43. The fraction of sp³-hybridized carbons (Fsp3) is 0.611. The highest BCUT2D eigenvalue weighted by molar-refractivity contribution is 9.09. The molecule has 0 bridgehead atoms. The summed E-state index contributed by atoms with van der Waals surface area (Å²) in [5, 5.41) is 4.13.